The average molecular weight is 305 g/mol. The topological polar surface area (TPSA) is 44.5 Å². The SMILES string of the molecule is COc1cc(CCN)c(OCC(C)(C)C)cc1C(F)(F)F. The molecular weight excluding hydrogens is 283 g/mol. The summed E-state index contributed by atoms with van der Waals surface area (Å²) in [6.45, 7) is 6.48. The molecule has 0 unspecified atom stereocenters. The number of halogens is 3. The summed E-state index contributed by atoms with van der Waals surface area (Å²) in [5.41, 5.74) is 5.13. The third kappa shape index (κ3) is 5.12. The number of rotatable bonds is 5. The van der Waals surface area contributed by atoms with E-state index in [9.17, 15) is 13.2 Å². The molecule has 0 saturated heterocycles. The normalized spacial score (nSPS) is 12.4. The highest BCUT2D eigenvalue weighted by atomic mass is 19.4. The van der Waals surface area contributed by atoms with Crippen molar-refractivity contribution in [1.82, 2.24) is 0 Å². The minimum absolute atomic E-state index is 0.154. The predicted octanol–water partition coefficient (Wildman–Crippen LogP) is 3.64. The summed E-state index contributed by atoms with van der Waals surface area (Å²) in [5.74, 6) is -0.00226. The van der Waals surface area contributed by atoms with Crippen LogP contribution >= 0.6 is 0 Å². The Bertz CT molecular complexity index is 479. The lowest BCUT2D eigenvalue weighted by Gasteiger charge is -2.22. The van der Waals surface area contributed by atoms with E-state index in [0.29, 0.717) is 25.1 Å². The molecule has 3 nitrogen and oxygen atoms in total. The van der Waals surface area contributed by atoms with E-state index in [-0.39, 0.29) is 16.9 Å². The van der Waals surface area contributed by atoms with Crippen LogP contribution in [0.1, 0.15) is 31.9 Å². The molecule has 21 heavy (non-hydrogen) atoms. The molecule has 0 atom stereocenters. The number of hydrogen-bond donors (Lipinski definition) is 1. The van der Waals surface area contributed by atoms with Crippen LogP contribution in [0.25, 0.3) is 0 Å². The van der Waals surface area contributed by atoms with Crippen molar-refractivity contribution in [3.63, 3.8) is 0 Å². The Labute approximate surface area is 123 Å². The Morgan fingerprint density at radius 2 is 1.71 bits per heavy atom. The van der Waals surface area contributed by atoms with Crippen LogP contribution in [-0.4, -0.2) is 20.3 Å². The third-order valence-corrected chi connectivity index (χ3v) is 2.76. The molecule has 0 radical (unpaired) electrons. The molecule has 0 aliphatic carbocycles. The van der Waals surface area contributed by atoms with Gasteiger partial charge in [0.05, 0.1) is 13.7 Å². The van der Waals surface area contributed by atoms with E-state index >= 15 is 0 Å². The van der Waals surface area contributed by atoms with E-state index < -0.39 is 11.7 Å². The van der Waals surface area contributed by atoms with Gasteiger partial charge in [-0.05, 0) is 36.1 Å². The van der Waals surface area contributed by atoms with Gasteiger partial charge >= 0.3 is 6.18 Å². The van der Waals surface area contributed by atoms with E-state index in [2.05, 4.69) is 0 Å². The fourth-order valence-electron chi connectivity index (χ4n) is 1.77. The van der Waals surface area contributed by atoms with E-state index in [0.717, 1.165) is 6.07 Å². The van der Waals surface area contributed by atoms with E-state index in [1.165, 1.54) is 13.2 Å². The largest absolute Gasteiger partial charge is 0.496 e. The molecule has 0 aliphatic heterocycles. The zero-order valence-electron chi connectivity index (χ0n) is 12.8. The molecule has 0 bridgehead atoms. The summed E-state index contributed by atoms with van der Waals surface area (Å²) < 4.78 is 49.6. The Morgan fingerprint density at radius 1 is 1.10 bits per heavy atom. The number of methoxy groups -OCH3 is 1. The quantitative estimate of drug-likeness (QED) is 0.903. The second-order valence-corrected chi connectivity index (χ2v) is 6.05. The van der Waals surface area contributed by atoms with Crippen molar-refractivity contribution in [2.24, 2.45) is 11.1 Å². The van der Waals surface area contributed by atoms with Gasteiger partial charge in [0.25, 0.3) is 0 Å². The second kappa shape index (κ2) is 6.56. The zero-order chi connectivity index (χ0) is 16.3. The Kier molecular flexibility index (Phi) is 5.50. The monoisotopic (exact) mass is 305 g/mol. The van der Waals surface area contributed by atoms with Crippen molar-refractivity contribution < 1.29 is 22.6 Å². The lowest BCUT2D eigenvalue weighted by atomic mass is 9.98. The molecule has 1 aromatic carbocycles. The van der Waals surface area contributed by atoms with Crippen LogP contribution in [0, 0.1) is 5.41 Å². The molecular formula is C15H22F3NO2. The van der Waals surface area contributed by atoms with Crippen LogP contribution in [0.2, 0.25) is 0 Å². The molecule has 1 aromatic rings. The molecule has 6 heteroatoms. The van der Waals surface area contributed by atoms with E-state index in [1.807, 2.05) is 20.8 Å². The highest BCUT2D eigenvalue weighted by molar-refractivity contribution is 5.48. The lowest BCUT2D eigenvalue weighted by molar-refractivity contribution is -0.138. The first-order valence-electron chi connectivity index (χ1n) is 6.69. The number of hydrogen-bond acceptors (Lipinski definition) is 3. The first-order chi connectivity index (χ1) is 9.58. The zero-order valence-corrected chi connectivity index (χ0v) is 12.8. The molecule has 0 aliphatic rings. The maximum atomic E-state index is 13.0. The number of nitrogens with two attached hydrogens (primary N) is 1. The minimum atomic E-state index is -4.49. The Balaban J connectivity index is 3.24. The van der Waals surface area contributed by atoms with Gasteiger partial charge in [0.1, 0.15) is 17.1 Å². The molecule has 0 heterocycles. The standard InChI is InChI=1S/C15H22F3NO2/c1-14(2,3)9-21-12-8-11(15(16,17)18)13(20-4)7-10(12)5-6-19/h7-8H,5-6,9,19H2,1-4H3. The van der Waals surface area contributed by atoms with Crippen LogP contribution in [0.3, 0.4) is 0 Å². The van der Waals surface area contributed by atoms with Crippen molar-refractivity contribution in [1.29, 1.82) is 0 Å². The van der Waals surface area contributed by atoms with Crippen LogP contribution < -0.4 is 15.2 Å². The maximum Gasteiger partial charge on any atom is 0.420 e. The summed E-state index contributed by atoms with van der Waals surface area (Å²) >= 11 is 0. The molecule has 1 rings (SSSR count). The Morgan fingerprint density at radius 3 is 2.14 bits per heavy atom. The van der Waals surface area contributed by atoms with Gasteiger partial charge in [-0.3, -0.25) is 0 Å². The van der Waals surface area contributed by atoms with Crippen molar-refractivity contribution in [2.45, 2.75) is 33.4 Å². The van der Waals surface area contributed by atoms with Gasteiger partial charge in [0, 0.05) is 0 Å². The molecule has 0 amide bonds. The van der Waals surface area contributed by atoms with E-state index in [4.69, 9.17) is 15.2 Å². The van der Waals surface area contributed by atoms with Gasteiger partial charge in [0.15, 0.2) is 0 Å². The van der Waals surface area contributed by atoms with E-state index in [1.54, 1.807) is 0 Å². The average Bonchev–Trinajstić information content (AvgIpc) is 2.34. The van der Waals surface area contributed by atoms with Crippen LogP contribution in [0.5, 0.6) is 11.5 Å². The van der Waals surface area contributed by atoms with Gasteiger partial charge in [-0.15, -0.1) is 0 Å². The van der Waals surface area contributed by atoms with Gasteiger partial charge in [-0.2, -0.15) is 13.2 Å². The highest BCUT2D eigenvalue weighted by Crippen LogP contribution is 2.40. The molecule has 0 aromatic heterocycles. The maximum absolute atomic E-state index is 13.0. The second-order valence-electron chi connectivity index (χ2n) is 6.05. The molecule has 0 fully saturated rings. The van der Waals surface area contributed by atoms with Gasteiger partial charge in [0.2, 0.25) is 0 Å². The molecule has 2 N–H and O–H groups in total. The third-order valence-electron chi connectivity index (χ3n) is 2.76. The summed E-state index contributed by atoms with van der Waals surface area (Å²) in [6.07, 6.45) is -4.07. The molecule has 120 valence electrons. The predicted molar refractivity (Wildman–Crippen MR) is 75.7 cm³/mol. The highest BCUT2D eigenvalue weighted by Gasteiger charge is 2.35. The van der Waals surface area contributed by atoms with Crippen LogP contribution in [0.15, 0.2) is 12.1 Å². The number of ether oxygens (including phenoxy) is 2. The summed E-state index contributed by atoms with van der Waals surface area (Å²) in [7, 11) is 1.21. The van der Waals surface area contributed by atoms with Gasteiger partial charge in [-0.25, -0.2) is 0 Å². The summed E-state index contributed by atoms with van der Waals surface area (Å²) in [6, 6.07) is 2.35. The lowest BCUT2D eigenvalue weighted by Crippen LogP contribution is -2.18. The fourth-order valence-corrected chi connectivity index (χ4v) is 1.77. The first-order valence-corrected chi connectivity index (χ1v) is 6.69. The molecule has 0 spiro atoms. The molecule has 0 saturated carbocycles. The van der Waals surface area contributed by atoms with Crippen molar-refractivity contribution in [2.75, 3.05) is 20.3 Å². The smallest absolute Gasteiger partial charge is 0.420 e. The first kappa shape index (κ1) is 17.6. The van der Waals surface area contributed by atoms with Crippen LogP contribution in [-0.2, 0) is 12.6 Å². The summed E-state index contributed by atoms with van der Waals surface area (Å²) in [4.78, 5) is 0. The number of alkyl halides is 3. The van der Waals surface area contributed by atoms with Crippen molar-refractivity contribution in [3.8, 4) is 11.5 Å². The Hall–Kier alpha value is -1.43. The number of benzene rings is 1. The van der Waals surface area contributed by atoms with Gasteiger partial charge in [-0.1, -0.05) is 20.8 Å². The fraction of sp³-hybridized carbons (Fsp3) is 0.600. The minimum Gasteiger partial charge on any atom is -0.496 e. The summed E-state index contributed by atoms with van der Waals surface area (Å²) in [5, 5.41) is 0. The van der Waals surface area contributed by atoms with Crippen molar-refractivity contribution in [3.05, 3.63) is 23.3 Å². The van der Waals surface area contributed by atoms with Crippen LogP contribution in [0.4, 0.5) is 13.2 Å². The van der Waals surface area contributed by atoms with Gasteiger partial charge < -0.3 is 15.2 Å². The van der Waals surface area contributed by atoms with Crippen molar-refractivity contribution >= 4 is 0 Å².